The third kappa shape index (κ3) is 5.27. The average Bonchev–Trinajstić information content (AvgIpc) is 3.28. The predicted molar refractivity (Wildman–Crippen MR) is 130 cm³/mol. The van der Waals surface area contributed by atoms with Crippen LogP contribution in [0.4, 0.5) is 5.13 Å². The van der Waals surface area contributed by atoms with Gasteiger partial charge >= 0.3 is 5.97 Å². The molecule has 0 spiro atoms. The number of oxime groups is 1. The van der Waals surface area contributed by atoms with E-state index in [1.807, 2.05) is 6.07 Å². The van der Waals surface area contributed by atoms with Crippen molar-refractivity contribution in [2.24, 2.45) is 5.16 Å². The fourth-order valence-corrected chi connectivity index (χ4v) is 5.45. The van der Waals surface area contributed by atoms with Crippen molar-refractivity contribution in [3.05, 3.63) is 52.9 Å². The summed E-state index contributed by atoms with van der Waals surface area (Å²) < 4.78 is 1.78. The van der Waals surface area contributed by atoms with E-state index in [1.54, 1.807) is 29.1 Å². The summed E-state index contributed by atoms with van der Waals surface area (Å²) in [5, 5.41) is 28.4. The number of carbonyl (C=O) groups excluding carboxylic acids is 3. The van der Waals surface area contributed by atoms with E-state index in [-0.39, 0.29) is 28.8 Å². The van der Waals surface area contributed by atoms with E-state index in [2.05, 4.69) is 15.5 Å². The first-order chi connectivity index (χ1) is 17.5. The quantitative estimate of drug-likeness (QED) is 0.147. The lowest BCUT2D eigenvalue weighted by Gasteiger charge is -2.50. The van der Waals surface area contributed by atoms with E-state index < -0.39 is 40.8 Å². The minimum Gasteiger partial charge on any atom is -0.543 e. The van der Waals surface area contributed by atoms with Crippen LogP contribution in [0.1, 0.15) is 19.5 Å². The van der Waals surface area contributed by atoms with Crippen LogP contribution in [0.25, 0.3) is 0 Å². The lowest BCUT2D eigenvalue weighted by molar-refractivity contribution is -0.689. The molecule has 2 aliphatic heterocycles. The van der Waals surface area contributed by atoms with Crippen molar-refractivity contribution >= 4 is 57.7 Å². The number of hydrogen-bond donors (Lipinski definition) is 3. The molecule has 0 saturated carbocycles. The number of nitrogens with zero attached hydrogens (tertiary/aromatic N) is 4. The first-order valence-corrected chi connectivity index (χ1v) is 12.8. The highest BCUT2D eigenvalue weighted by Gasteiger charge is 2.53. The van der Waals surface area contributed by atoms with Gasteiger partial charge in [0.25, 0.3) is 11.8 Å². The Morgan fingerprint density at radius 3 is 2.65 bits per heavy atom. The summed E-state index contributed by atoms with van der Waals surface area (Å²) in [6, 6.07) is 4.36. The second kappa shape index (κ2) is 10.2. The number of rotatable bonds is 9. The summed E-state index contributed by atoms with van der Waals surface area (Å²) in [4.78, 5) is 59.6. The number of aromatic nitrogens is 2. The number of carbonyl (C=O) groups is 4. The Morgan fingerprint density at radius 2 is 2.05 bits per heavy atom. The smallest absolute Gasteiger partial charge is 0.350 e. The van der Waals surface area contributed by atoms with Crippen LogP contribution in [0.5, 0.6) is 0 Å². The minimum atomic E-state index is -1.75. The molecule has 1 saturated heterocycles. The lowest BCUT2D eigenvalue weighted by Crippen LogP contribution is -2.71. The van der Waals surface area contributed by atoms with Gasteiger partial charge < -0.3 is 30.9 Å². The van der Waals surface area contributed by atoms with Gasteiger partial charge in [-0.05, 0) is 13.8 Å². The van der Waals surface area contributed by atoms with Crippen molar-refractivity contribution in [2.75, 3.05) is 11.5 Å². The fraction of sp³-hybridized carbons (Fsp3) is 0.318. The SMILES string of the molecule is CC(C)(O/N=C(/C(=O)N[C@H]1C(=O)N2C(C(=O)[O-])=C(C[n+]3ccccc3)CS[C@@H]12)c1csc(N)n1)C(=O)O. The molecule has 15 heteroatoms. The maximum atomic E-state index is 13.1. The monoisotopic (exact) mass is 546 g/mol. The van der Waals surface area contributed by atoms with E-state index in [9.17, 15) is 29.4 Å². The Labute approximate surface area is 218 Å². The highest BCUT2D eigenvalue weighted by Crippen LogP contribution is 2.40. The predicted octanol–water partition coefficient (Wildman–Crippen LogP) is -1.30. The van der Waals surface area contributed by atoms with E-state index in [0.717, 1.165) is 16.2 Å². The molecule has 0 bridgehead atoms. The first kappa shape index (κ1) is 26.1. The van der Waals surface area contributed by atoms with E-state index in [0.29, 0.717) is 11.3 Å². The number of thioether (sulfide) groups is 1. The number of β-lactam (4-membered cyclic amide) rings is 1. The van der Waals surface area contributed by atoms with Crippen LogP contribution in [0.2, 0.25) is 0 Å². The molecule has 2 aromatic heterocycles. The van der Waals surface area contributed by atoms with Crippen LogP contribution in [0.15, 0.2) is 52.4 Å². The van der Waals surface area contributed by atoms with Gasteiger partial charge in [-0.3, -0.25) is 14.5 Å². The van der Waals surface area contributed by atoms with Crippen molar-refractivity contribution in [3.8, 4) is 0 Å². The summed E-state index contributed by atoms with van der Waals surface area (Å²) in [6.45, 7) is 2.74. The fourth-order valence-electron chi connectivity index (χ4n) is 3.56. The second-order valence-corrected chi connectivity index (χ2v) is 10.6. The van der Waals surface area contributed by atoms with Crippen LogP contribution in [-0.2, 0) is 30.6 Å². The van der Waals surface area contributed by atoms with Crippen molar-refractivity contribution in [3.63, 3.8) is 0 Å². The van der Waals surface area contributed by atoms with Crippen LogP contribution in [0.3, 0.4) is 0 Å². The third-order valence-corrected chi connectivity index (χ3v) is 7.55. The van der Waals surface area contributed by atoms with E-state index >= 15 is 0 Å². The molecule has 2 aliphatic rings. The first-order valence-electron chi connectivity index (χ1n) is 10.8. The summed E-state index contributed by atoms with van der Waals surface area (Å²) in [6.07, 6.45) is 3.55. The Bertz CT molecular complexity index is 1320. The summed E-state index contributed by atoms with van der Waals surface area (Å²) >= 11 is 2.32. The van der Waals surface area contributed by atoms with Crippen LogP contribution in [-0.4, -0.2) is 67.2 Å². The lowest BCUT2D eigenvalue weighted by atomic mass is 10.0. The normalized spacial score (nSPS) is 19.7. The zero-order valence-corrected chi connectivity index (χ0v) is 21.2. The zero-order valence-electron chi connectivity index (χ0n) is 19.6. The molecular weight excluding hydrogens is 524 g/mol. The number of carboxylic acids is 2. The van der Waals surface area contributed by atoms with Crippen molar-refractivity contribution in [1.29, 1.82) is 0 Å². The Morgan fingerprint density at radius 1 is 1.35 bits per heavy atom. The molecular formula is C22H22N6O7S2. The number of hydrogen-bond acceptors (Lipinski definition) is 11. The maximum Gasteiger partial charge on any atom is 0.350 e. The largest absolute Gasteiger partial charge is 0.543 e. The molecule has 0 radical (unpaired) electrons. The molecule has 4 heterocycles. The summed E-state index contributed by atoms with van der Waals surface area (Å²) in [5.41, 5.74) is 3.83. The van der Waals surface area contributed by atoms with Crippen LogP contribution in [0, 0.1) is 0 Å². The molecule has 0 aromatic carbocycles. The molecule has 2 atom stereocenters. The van der Waals surface area contributed by atoms with Crippen molar-refractivity contribution < 1.29 is 38.8 Å². The molecule has 1 fully saturated rings. The Hall–Kier alpha value is -3.98. The molecule has 0 unspecified atom stereocenters. The van der Waals surface area contributed by atoms with Gasteiger partial charge in [0.1, 0.15) is 17.1 Å². The van der Waals surface area contributed by atoms with Gasteiger partial charge in [-0.25, -0.2) is 14.3 Å². The maximum absolute atomic E-state index is 13.1. The van der Waals surface area contributed by atoms with Gasteiger partial charge in [-0.15, -0.1) is 23.1 Å². The number of nitrogens with one attached hydrogen (secondary N) is 1. The zero-order chi connectivity index (χ0) is 26.9. The second-order valence-electron chi connectivity index (χ2n) is 8.57. The number of aliphatic carboxylic acids is 2. The summed E-state index contributed by atoms with van der Waals surface area (Å²) in [7, 11) is 0. The van der Waals surface area contributed by atoms with Gasteiger partial charge in [0, 0.05) is 28.8 Å². The summed E-state index contributed by atoms with van der Waals surface area (Å²) in [5.74, 6) is -4.01. The molecule has 2 aromatic rings. The van der Waals surface area contributed by atoms with Crippen LogP contribution < -0.4 is 20.7 Å². The van der Waals surface area contributed by atoms with E-state index in [4.69, 9.17) is 10.6 Å². The number of thiazole rings is 1. The van der Waals surface area contributed by atoms with Crippen molar-refractivity contribution in [2.45, 2.75) is 37.4 Å². The highest BCUT2D eigenvalue weighted by molar-refractivity contribution is 8.00. The number of fused-ring (bicyclic) bond motifs is 1. The number of carboxylic acid groups (broad SMARTS) is 2. The number of nitrogen functional groups attached to an aromatic ring is 1. The molecule has 37 heavy (non-hydrogen) atoms. The molecule has 2 amide bonds. The Balaban J connectivity index is 1.55. The molecule has 0 aliphatic carbocycles. The van der Waals surface area contributed by atoms with Gasteiger partial charge in [-0.1, -0.05) is 11.2 Å². The van der Waals surface area contributed by atoms with E-state index in [1.165, 1.54) is 31.0 Å². The molecule has 13 nitrogen and oxygen atoms in total. The third-order valence-electron chi connectivity index (χ3n) is 5.54. The van der Waals surface area contributed by atoms with Gasteiger partial charge in [-0.2, -0.15) is 0 Å². The highest BCUT2D eigenvalue weighted by atomic mass is 32.2. The van der Waals surface area contributed by atoms with Gasteiger partial charge in [0.05, 0.1) is 11.7 Å². The molecule has 4 N–H and O–H groups in total. The molecule has 194 valence electrons. The number of pyridine rings is 1. The van der Waals surface area contributed by atoms with Gasteiger partial charge in [0.2, 0.25) is 5.60 Å². The van der Waals surface area contributed by atoms with Gasteiger partial charge in [0.15, 0.2) is 29.8 Å². The standard InChI is InChI=1S/C22H22N6O7S2/c1-22(2,20(33)34)35-26-13(12-10-37-21(23)24-12)16(29)25-14-17(30)28-15(19(31)32)11(9-36-18(14)28)8-27-6-4-3-5-7-27/h3-7,10,14,18H,8-9H2,1-2H3,(H4-,23,24,25,29,31,32,33,34)/b26-13+/t14-,18-/m0/s1. The number of amides is 2. The topological polar surface area (TPSA) is 191 Å². The van der Waals surface area contributed by atoms with Crippen LogP contribution >= 0.6 is 23.1 Å². The number of anilines is 1. The number of nitrogens with two attached hydrogens (primary N) is 1. The minimum absolute atomic E-state index is 0.0265. The average molecular weight is 547 g/mol. The van der Waals surface area contributed by atoms with Crippen molar-refractivity contribution in [1.82, 2.24) is 15.2 Å². The molecule has 4 rings (SSSR count). The Kier molecular flexibility index (Phi) is 7.18.